The molecule has 2 aromatic rings. The predicted octanol–water partition coefficient (Wildman–Crippen LogP) is 3.66. The second-order valence-electron chi connectivity index (χ2n) is 5.36. The van der Waals surface area contributed by atoms with Crippen LogP contribution < -0.4 is 10.0 Å². The molecule has 0 saturated carbocycles. The largest absolute Gasteiger partial charge is 0.416 e. The fraction of sp³-hybridized carbons (Fsp3) is 0.188. The Labute approximate surface area is 153 Å². The summed E-state index contributed by atoms with van der Waals surface area (Å²) in [6.45, 7) is 1.27. The van der Waals surface area contributed by atoms with Crippen molar-refractivity contribution in [1.82, 2.24) is 4.72 Å². The molecule has 0 spiro atoms. The third-order valence-electron chi connectivity index (χ3n) is 3.31. The van der Waals surface area contributed by atoms with Crippen molar-refractivity contribution in [2.45, 2.75) is 24.0 Å². The van der Waals surface area contributed by atoms with Crippen molar-refractivity contribution in [2.24, 2.45) is 0 Å². The van der Waals surface area contributed by atoms with Crippen LogP contribution in [0.5, 0.6) is 0 Å². The summed E-state index contributed by atoms with van der Waals surface area (Å²) in [4.78, 5) is 12.0. The number of hydrogen-bond donors (Lipinski definition) is 2. The molecule has 10 heteroatoms. The number of halogens is 4. The lowest BCUT2D eigenvalue weighted by molar-refractivity contribution is -0.137. The molecule has 0 unspecified atom stereocenters. The van der Waals surface area contributed by atoms with Crippen molar-refractivity contribution < 1.29 is 26.4 Å². The minimum absolute atomic E-state index is 0.0950. The van der Waals surface area contributed by atoms with Gasteiger partial charge in [0.05, 0.1) is 16.5 Å². The smallest absolute Gasteiger partial charge is 0.325 e. The van der Waals surface area contributed by atoms with Crippen LogP contribution >= 0.6 is 11.6 Å². The number of hydrogen-bond acceptors (Lipinski definition) is 3. The molecule has 0 aliphatic rings. The first kappa shape index (κ1) is 20.2. The van der Waals surface area contributed by atoms with Crippen molar-refractivity contribution in [1.29, 1.82) is 0 Å². The number of rotatable bonds is 5. The molecule has 0 aliphatic carbocycles. The highest BCUT2D eigenvalue weighted by atomic mass is 35.5. The minimum Gasteiger partial charge on any atom is -0.325 e. The van der Waals surface area contributed by atoms with Crippen LogP contribution in [-0.2, 0) is 21.0 Å². The number of amides is 1. The number of benzene rings is 2. The maximum absolute atomic E-state index is 12.7. The fourth-order valence-electron chi connectivity index (χ4n) is 1.99. The Bertz CT molecular complexity index is 900. The summed E-state index contributed by atoms with van der Waals surface area (Å²) in [6.07, 6.45) is -4.55. The molecular formula is C16H14ClF3N2O3S. The normalized spacial score (nSPS) is 13.3. The van der Waals surface area contributed by atoms with Crippen LogP contribution in [0.2, 0.25) is 5.02 Å². The van der Waals surface area contributed by atoms with Crippen molar-refractivity contribution in [3.05, 3.63) is 59.1 Å². The topological polar surface area (TPSA) is 75.3 Å². The quantitative estimate of drug-likeness (QED) is 0.795. The summed E-state index contributed by atoms with van der Waals surface area (Å²) in [5, 5.41) is 2.60. The van der Waals surface area contributed by atoms with E-state index in [0.29, 0.717) is 5.02 Å². The van der Waals surface area contributed by atoms with E-state index >= 15 is 0 Å². The molecule has 26 heavy (non-hydrogen) atoms. The molecule has 1 atom stereocenters. The third-order valence-corrected chi connectivity index (χ3v) is 5.12. The summed E-state index contributed by atoms with van der Waals surface area (Å²) < 4.78 is 64.6. The van der Waals surface area contributed by atoms with Crippen LogP contribution in [0.1, 0.15) is 12.5 Å². The first-order chi connectivity index (χ1) is 12.0. The average Bonchev–Trinajstić information content (AvgIpc) is 2.54. The Morgan fingerprint density at radius 2 is 1.73 bits per heavy atom. The third kappa shape index (κ3) is 5.20. The van der Waals surface area contributed by atoms with Crippen LogP contribution in [0.4, 0.5) is 18.9 Å². The molecule has 0 bridgehead atoms. The highest BCUT2D eigenvalue weighted by molar-refractivity contribution is 7.89. The van der Waals surface area contributed by atoms with E-state index in [-0.39, 0.29) is 10.6 Å². The molecule has 0 fully saturated rings. The van der Waals surface area contributed by atoms with Gasteiger partial charge in [-0.15, -0.1) is 0 Å². The van der Waals surface area contributed by atoms with Gasteiger partial charge in [0.25, 0.3) is 0 Å². The van der Waals surface area contributed by atoms with Gasteiger partial charge in [-0.2, -0.15) is 17.9 Å². The van der Waals surface area contributed by atoms with E-state index in [1.54, 1.807) is 0 Å². The molecule has 140 valence electrons. The first-order valence-corrected chi connectivity index (χ1v) is 9.11. The monoisotopic (exact) mass is 406 g/mol. The maximum atomic E-state index is 12.7. The molecule has 5 nitrogen and oxygen atoms in total. The minimum atomic E-state index is -4.55. The van der Waals surface area contributed by atoms with Gasteiger partial charge in [-0.3, -0.25) is 4.79 Å². The van der Waals surface area contributed by atoms with Crippen LogP contribution in [-0.4, -0.2) is 20.4 Å². The molecule has 0 saturated heterocycles. The molecule has 0 aliphatic heterocycles. The maximum Gasteiger partial charge on any atom is 0.416 e. The highest BCUT2D eigenvalue weighted by Crippen LogP contribution is 2.30. The van der Waals surface area contributed by atoms with Crippen LogP contribution in [0.15, 0.2) is 53.4 Å². The number of alkyl halides is 3. The fourth-order valence-corrected chi connectivity index (χ4v) is 3.32. The van der Waals surface area contributed by atoms with Crippen molar-refractivity contribution in [2.75, 3.05) is 5.32 Å². The zero-order chi connectivity index (χ0) is 19.5. The molecule has 2 rings (SSSR count). The SMILES string of the molecule is C[C@@H](NS(=O)(=O)c1ccc(Cl)cc1)C(=O)Nc1cccc(C(F)(F)F)c1. The predicted molar refractivity (Wildman–Crippen MR) is 91.3 cm³/mol. The average molecular weight is 407 g/mol. The van der Waals surface area contributed by atoms with Crippen molar-refractivity contribution in [3.8, 4) is 0 Å². The Balaban J connectivity index is 2.09. The summed E-state index contributed by atoms with van der Waals surface area (Å²) in [5.74, 6) is -0.804. The molecule has 0 heterocycles. The Kier molecular flexibility index (Phi) is 5.94. The number of nitrogens with one attached hydrogen (secondary N) is 2. The van der Waals surface area contributed by atoms with Gasteiger partial charge in [0.15, 0.2) is 0 Å². The zero-order valence-electron chi connectivity index (χ0n) is 13.3. The molecular weight excluding hydrogens is 393 g/mol. The lowest BCUT2D eigenvalue weighted by Crippen LogP contribution is -2.41. The highest BCUT2D eigenvalue weighted by Gasteiger charge is 2.30. The lowest BCUT2D eigenvalue weighted by atomic mass is 10.2. The van der Waals surface area contributed by atoms with Gasteiger partial charge >= 0.3 is 6.18 Å². The van der Waals surface area contributed by atoms with E-state index in [9.17, 15) is 26.4 Å². The number of carbonyl (C=O) groups excluding carboxylic acids is 1. The second-order valence-corrected chi connectivity index (χ2v) is 7.52. The van der Waals surface area contributed by atoms with Gasteiger partial charge in [-0.05, 0) is 49.4 Å². The molecule has 2 aromatic carbocycles. The van der Waals surface area contributed by atoms with Crippen LogP contribution in [0, 0.1) is 0 Å². The van der Waals surface area contributed by atoms with Gasteiger partial charge < -0.3 is 5.32 Å². The van der Waals surface area contributed by atoms with E-state index < -0.39 is 33.7 Å². The Morgan fingerprint density at radius 1 is 1.12 bits per heavy atom. The lowest BCUT2D eigenvalue weighted by Gasteiger charge is -2.15. The Morgan fingerprint density at radius 3 is 2.31 bits per heavy atom. The molecule has 0 aromatic heterocycles. The second kappa shape index (κ2) is 7.65. The van der Waals surface area contributed by atoms with E-state index in [4.69, 9.17) is 11.6 Å². The zero-order valence-corrected chi connectivity index (χ0v) is 14.9. The van der Waals surface area contributed by atoms with Gasteiger partial charge in [-0.1, -0.05) is 17.7 Å². The molecule has 2 N–H and O–H groups in total. The van der Waals surface area contributed by atoms with Crippen molar-refractivity contribution >= 4 is 33.2 Å². The molecule has 0 radical (unpaired) electrons. The van der Waals surface area contributed by atoms with Gasteiger partial charge in [0.1, 0.15) is 0 Å². The summed E-state index contributed by atoms with van der Waals surface area (Å²) in [5.41, 5.74) is -1.02. The van der Waals surface area contributed by atoms with E-state index in [0.717, 1.165) is 18.2 Å². The molecule has 1 amide bonds. The van der Waals surface area contributed by atoms with Gasteiger partial charge in [0.2, 0.25) is 15.9 Å². The number of anilines is 1. The summed E-state index contributed by atoms with van der Waals surface area (Å²) in [7, 11) is -3.99. The number of carbonyl (C=O) groups is 1. The first-order valence-electron chi connectivity index (χ1n) is 7.25. The standard InChI is InChI=1S/C16H14ClF3N2O3S/c1-10(22-26(24,25)14-7-5-12(17)6-8-14)15(23)21-13-4-2-3-11(9-13)16(18,19)20/h2-10,22H,1H3,(H,21,23)/t10-/m1/s1. The van der Waals surface area contributed by atoms with Crippen molar-refractivity contribution in [3.63, 3.8) is 0 Å². The summed E-state index contributed by atoms with van der Waals surface area (Å²) in [6, 6.07) is 8.11. The van der Waals surface area contributed by atoms with E-state index in [2.05, 4.69) is 10.0 Å². The van der Waals surface area contributed by atoms with Crippen LogP contribution in [0.25, 0.3) is 0 Å². The Hall–Kier alpha value is -2.10. The van der Waals surface area contributed by atoms with E-state index in [1.165, 1.54) is 37.3 Å². The van der Waals surface area contributed by atoms with Gasteiger partial charge in [0, 0.05) is 10.7 Å². The van der Waals surface area contributed by atoms with E-state index in [1.807, 2.05) is 0 Å². The number of sulfonamides is 1. The van der Waals surface area contributed by atoms with Gasteiger partial charge in [-0.25, -0.2) is 8.42 Å². The van der Waals surface area contributed by atoms with Crippen LogP contribution in [0.3, 0.4) is 0 Å². The summed E-state index contributed by atoms with van der Waals surface area (Å²) >= 11 is 5.69.